The molecule has 2 rings (SSSR count). The second-order valence-corrected chi connectivity index (χ2v) is 5.26. The lowest BCUT2D eigenvalue weighted by Gasteiger charge is -2.41. The van der Waals surface area contributed by atoms with Gasteiger partial charge in [-0.15, -0.1) is 0 Å². The lowest BCUT2D eigenvalue weighted by molar-refractivity contribution is 0.445. The van der Waals surface area contributed by atoms with Gasteiger partial charge in [0.1, 0.15) is 11.6 Å². The summed E-state index contributed by atoms with van der Waals surface area (Å²) in [4.78, 5) is 10.6. The van der Waals surface area contributed by atoms with E-state index in [1.165, 1.54) is 0 Å². The average molecular weight is 250 g/mol. The van der Waals surface area contributed by atoms with Gasteiger partial charge in [-0.3, -0.25) is 0 Å². The quantitative estimate of drug-likeness (QED) is 0.709. The van der Waals surface area contributed by atoms with E-state index in [4.69, 9.17) is 11.5 Å². The van der Waals surface area contributed by atoms with Crippen molar-refractivity contribution in [1.29, 1.82) is 0 Å². The van der Waals surface area contributed by atoms with Crippen LogP contribution in [0, 0.1) is 5.92 Å². The Balaban J connectivity index is 2.27. The smallest absolute Gasteiger partial charge is 0.223 e. The second kappa shape index (κ2) is 4.97. The maximum absolute atomic E-state index is 5.98. The summed E-state index contributed by atoms with van der Waals surface area (Å²) in [6.07, 6.45) is 0.877. The summed E-state index contributed by atoms with van der Waals surface area (Å²) in [6.45, 7) is 6.20. The van der Waals surface area contributed by atoms with E-state index in [2.05, 4.69) is 34.0 Å². The minimum absolute atomic E-state index is 0.253. The number of nitrogens with zero attached hydrogens (tertiary/aromatic N) is 3. The molecule has 6 heteroatoms. The van der Waals surface area contributed by atoms with Crippen molar-refractivity contribution in [2.75, 3.05) is 36.5 Å². The van der Waals surface area contributed by atoms with Gasteiger partial charge >= 0.3 is 0 Å². The molecule has 1 aliphatic heterocycles. The van der Waals surface area contributed by atoms with Crippen LogP contribution in [0.4, 0.5) is 17.6 Å². The molecule has 0 atom stereocenters. The Bertz CT molecular complexity index is 425. The van der Waals surface area contributed by atoms with Crippen molar-refractivity contribution in [3.8, 4) is 0 Å². The lowest BCUT2D eigenvalue weighted by atomic mass is 10.0. The van der Waals surface area contributed by atoms with E-state index >= 15 is 0 Å². The van der Waals surface area contributed by atoms with Crippen molar-refractivity contribution < 1.29 is 0 Å². The van der Waals surface area contributed by atoms with Crippen molar-refractivity contribution in [2.24, 2.45) is 5.92 Å². The van der Waals surface area contributed by atoms with Crippen LogP contribution in [0.15, 0.2) is 0 Å². The molecule has 0 spiro atoms. The first-order valence-corrected chi connectivity index (χ1v) is 6.35. The molecule has 1 aromatic rings. The fraction of sp³-hybridized carbons (Fsp3) is 0.667. The fourth-order valence-electron chi connectivity index (χ4n) is 2.21. The normalized spacial score (nSPS) is 16.1. The number of anilines is 3. The molecule has 18 heavy (non-hydrogen) atoms. The number of likely N-dealkylation sites (N-methyl/N-ethyl adjacent to an activating group) is 1. The van der Waals surface area contributed by atoms with Crippen molar-refractivity contribution >= 4 is 17.6 Å². The molecule has 0 radical (unpaired) electrons. The van der Waals surface area contributed by atoms with Gasteiger partial charge in [-0.05, 0) is 19.4 Å². The van der Waals surface area contributed by atoms with Gasteiger partial charge in [-0.1, -0.05) is 13.8 Å². The summed E-state index contributed by atoms with van der Waals surface area (Å²) in [5, 5.41) is 3.24. The van der Waals surface area contributed by atoms with Crippen LogP contribution in [0.1, 0.15) is 19.4 Å². The Morgan fingerprint density at radius 3 is 2.56 bits per heavy atom. The number of hydrogen-bond donors (Lipinski definition) is 3. The average Bonchev–Trinajstić information content (AvgIpc) is 2.21. The molecule has 0 aromatic carbocycles. The van der Waals surface area contributed by atoms with Crippen LogP contribution < -0.4 is 21.7 Å². The predicted molar refractivity (Wildman–Crippen MR) is 74.5 cm³/mol. The summed E-state index contributed by atoms with van der Waals surface area (Å²) in [6, 6.07) is 0.523. The highest BCUT2D eigenvalue weighted by Gasteiger charge is 2.29. The third-order valence-corrected chi connectivity index (χ3v) is 3.24. The third kappa shape index (κ3) is 2.48. The topological polar surface area (TPSA) is 93.1 Å². The molecule has 5 N–H and O–H groups in total. The second-order valence-electron chi connectivity index (χ2n) is 5.26. The zero-order valence-corrected chi connectivity index (χ0v) is 11.3. The SMILES string of the molecule is CNC1CN(c2nc(N)nc(N)c2CC(C)C)C1. The number of hydrogen-bond acceptors (Lipinski definition) is 6. The molecule has 6 nitrogen and oxygen atoms in total. The summed E-state index contributed by atoms with van der Waals surface area (Å²) in [5.74, 6) is 2.18. The van der Waals surface area contributed by atoms with Crippen molar-refractivity contribution in [1.82, 2.24) is 15.3 Å². The summed E-state index contributed by atoms with van der Waals surface area (Å²) in [5.41, 5.74) is 12.7. The zero-order valence-electron chi connectivity index (χ0n) is 11.3. The minimum atomic E-state index is 0.253. The number of nitrogens with one attached hydrogen (secondary N) is 1. The van der Waals surface area contributed by atoms with Crippen LogP contribution in [0.2, 0.25) is 0 Å². The molecule has 0 saturated carbocycles. The van der Waals surface area contributed by atoms with Crippen LogP contribution >= 0.6 is 0 Å². The molecule has 0 aliphatic carbocycles. The van der Waals surface area contributed by atoms with E-state index in [0.29, 0.717) is 17.8 Å². The maximum Gasteiger partial charge on any atom is 0.223 e. The maximum atomic E-state index is 5.98. The first-order valence-electron chi connectivity index (χ1n) is 6.35. The van der Waals surface area contributed by atoms with Crippen LogP contribution in [-0.2, 0) is 6.42 Å². The molecule has 1 aliphatic rings. The van der Waals surface area contributed by atoms with Gasteiger partial charge < -0.3 is 21.7 Å². The highest BCUT2D eigenvalue weighted by molar-refractivity contribution is 5.61. The molecule has 0 bridgehead atoms. The van der Waals surface area contributed by atoms with E-state index in [1.54, 1.807) is 0 Å². The van der Waals surface area contributed by atoms with E-state index < -0.39 is 0 Å². The largest absolute Gasteiger partial charge is 0.383 e. The van der Waals surface area contributed by atoms with Gasteiger partial charge in [0.25, 0.3) is 0 Å². The van der Waals surface area contributed by atoms with Crippen LogP contribution in [0.3, 0.4) is 0 Å². The van der Waals surface area contributed by atoms with Crippen LogP contribution in [0.5, 0.6) is 0 Å². The molecule has 1 aromatic heterocycles. The predicted octanol–water partition coefficient (Wildman–Crippen LogP) is 0.247. The summed E-state index contributed by atoms with van der Waals surface area (Å²) < 4.78 is 0. The van der Waals surface area contributed by atoms with Gasteiger partial charge in [0, 0.05) is 24.7 Å². The number of nitrogen functional groups attached to an aromatic ring is 2. The number of rotatable bonds is 4. The van der Waals surface area contributed by atoms with Crippen molar-refractivity contribution in [2.45, 2.75) is 26.3 Å². The molecular weight excluding hydrogens is 228 g/mol. The van der Waals surface area contributed by atoms with E-state index in [9.17, 15) is 0 Å². The van der Waals surface area contributed by atoms with Gasteiger partial charge in [-0.2, -0.15) is 9.97 Å². The highest BCUT2D eigenvalue weighted by atomic mass is 15.3. The van der Waals surface area contributed by atoms with E-state index in [0.717, 1.165) is 30.9 Å². The monoisotopic (exact) mass is 250 g/mol. The van der Waals surface area contributed by atoms with E-state index in [-0.39, 0.29) is 5.95 Å². The third-order valence-electron chi connectivity index (χ3n) is 3.24. The van der Waals surface area contributed by atoms with Gasteiger partial charge in [-0.25, -0.2) is 0 Å². The number of nitrogens with two attached hydrogens (primary N) is 2. The first-order chi connectivity index (χ1) is 8.51. The highest BCUT2D eigenvalue weighted by Crippen LogP contribution is 2.29. The van der Waals surface area contributed by atoms with Crippen LogP contribution in [-0.4, -0.2) is 36.1 Å². The Morgan fingerprint density at radius 1 is 1.33 bits per heavy atom. The standard InChI is InChI=1S/C12H22N6/c1-7(2)4-9-10(13)16-12(14)17-11(9)18-5-8(6-18)15-3/h7-8,15H,4-6H2,1-3H3,(H4,13,14,16,17). The summed E-state index contributed by atoms with van der Waals surface area (Å²) in [7, 11) is 1.97. The molecule has 0 unspecified atom stereocenters. The van der Waals surface area contributed by atoms with Gasteiger partial charge in [0.15, 0.2) is 0 Å². The molecular formula is C12H22N6. The Morgan fingerprint density at radius 2 is 2.00 bits per heavy atom. The van der Waals surface area contributed by atoms with Crippen LogP contribution in [0.25, 0.3) is 0 Å². The van der Waals surface area contributed by atoms with Gasteiger partial charge in [0.2, 0.25) is 5.95 Å². The van der Waals surface area contributed by atoms with Gasteiger partial charge in [0.05, 0.1) is 0 Å². The van der Waals surface area contributed by atoms with Crippen molar-refractivity contribution in [3.63, 3.8) is 0 Å². The first kappa shape index (κ1) is 12.9. The molecule has 2 heterocycles. The zero-order chi connectivity index (χ0) is 13.3. The van der Waals surface area contributed by atoms with E-state index in [1.807, 2.05) is 7.05 Å². The Hall–Kier alpha value is -1.56. The molecule has 1 saturated heterocycles. The minimum Gasteiger partial charge on any atom is -0.383 e. The lowest BCUT2D eigenvalue weighted by Crippen LogP contribution is -2.57. The molecule has 100 valence electrons. The fourth-order valence-corrected chi connectivity index (χ4v) is 2.21. The Kier molecular flexibility index (Phi) is 3.56. The summed E-state index contributed by atoms with van der Waals surface area (Å²) >= 11 is 0. The molecule has 1 fully saturated rings. The number of aromatic nitrogens is 2. The Labute approximate surface area is 108 Å². The molecule has 0 amide bonds. The van der Waals surface area contributed by atoms with Crippen molar-refractivity contribution in [3.05, 3.63) is 5.56 Å².